The van der Waals surface area contributed by atoms with E-state index < -0.39 is 11.5 Å². The van der Waals surface area contributed by atoms with Gasteiger partial charge >= 0.3 is 0 Å². The highest BCUT2D eigenvalue weighted by Crippen LogP contribution is 2.43. The normalized spacial score (nSPS) is 22.5. The van der Waals surface area contributed by atoms with Crippen LogP contribution in [0.4, 0.5) is 4.39 Å². The largest absolute Gasteiger partial charge is 0.348 e. The average molecular weight is 443 g/mol. The van der Waals surface area contributed by atoms with E-state index in [0.29, 0.717) is 19.5 Å². The Bertz CT molecular complexity index is 1090. The quantitative estimate of drug-likeness (QED) is 0.641. The minimum Gasteiger partial charge on any atom is -0.348 e. The molecule has 0 aliphatic carbocycles. The summed E-state index contributed by atoms with van der Waals surface area (Å²) in [4.78, 5) is 28.4. The lowest BCUT2D eigenvalue weighted by Crippen LogP contribution is -2.56. The number of amides is 2. The second-order valence-electron chi connectivity index (χ2n) is 9.14. The second-order valence-corrected chi connectivity index (χ2v) is 9.14. The molecule has 168 valence electrons. The van der Waals surface area contributed by atoms with Crippen molar-refractivity contribution in [3.63, 3.8) is 0 Å². The summed E-state index contributed by atoms with van der Waals surface area (Å²) in [6, 6.07) is 26.1. The zero-order valence-electron chi connectivity index (χ0n) is 18.4. The van der Waals surface area contributed by atoms with E-state index in [1.807, 2.05) is 65.6 Å². The van der Waals surface area contributed by atoms with E-state index in [-0.39, 0.29) is 23.5 Å². The number of rotatable bonds is 4. The average Bonchev–Trinajstić information content (AvgIpc) is 3.19. The molecule has 33 heavy (non-hydrogen) atoms. The Balaban J connectivity index is 1.52. The molecule has 4 nitrogen and oxygen atoms in total. The third kappa shape index (κ3) is 4.15. The summed E-state index contributed by atoms with van der Waals surface area (Å²) >= 11 is 0. The number of hydrogen-bond donors (Lipinski definition) is 1. The molecule has 2 aliphatic rings. The Morgan fingerprint density at radius 3 is 2.12 bits per heavy atom. The van der Waals surface area contributed by atoms with E-state index in [4.69, 9.17) is 0 Å². The van der Waals surface area contributed by atoms with Crippen molar-refractivity contribution in [2.75, 3.05) is 13.1 Å². The fourth-order valence-corrected chi connectivity index (χ4v) is 5.50. The van der Waals surface area contributed by atoms with Crippen LogP contribution < -0.4 is 5.32 Å². The van der Waals surface area contributed by atoms with Crippen molar-refractivity contribution in [1.82, 2.24) is 10.2 Å². The first-order valence-corrected chi connectivity index (χ1v) is 11.5. The van der Waals surface area contributed by atoms with E-state index in [0.717, 1.165) is 29.5 Å². The minimum absolute atomic E-state index is 0.0188. The molecule has 1 N–H and O–H groups in total. The van der Waals surface area contributed by atoms with Gasteiger partial charge in [-0.3, -0.25) is 9.59 Å². The summed E-state index contributed by atoms with van der Waals surface area (Å²) in [6.45, 7) is 0.941. The van der Waals surface area contributed by atoms with Crippen LogP contribution in [-0.2, 0) is 9.59 Å². The third-order valence-corrected chi connectivity index (χ3v) is 7.05. The van der Waals surface area contributed by atoms with Crippen LogP contribution >= 0.6 is 0 Å². The van der Waals surface area contributed by atoms with Crippen LogP contribution in [0.15, 0.2) is 84.9 Å². The number of benzene rings is 3. The number of likely N-dealkylation sites (tertiary alicyclic amines) is 1. The smallest absolute Gasteiger partial charge is 0.234 e. The molecule has 0 bridgehead atoms. The molecular weight excluding hydrogens is 415 g/mol. The molecular formula is C28H27FN2O2. The first-order chi connectivity index (χ1) is 16.1. The molecule has 2 heterocycles. The minimum atomic E-state index is -0.527. The van der Waals surface area contributed by atoms with Crippen LogP contribution in [0.25, 0.3) is 0 Å². The van der Waals surface area contributed by atoms with Gasteiger partial charge in [0.15, 0.2) is 0 Å². The van der Waals surface area contributed by atoms with E-state index in [1.165, 1.54) is 12.1 Å². The number of carbonyl (C=O) groups excluding carboxylic acids is 2. The van der Waals surface area contributed by atoms with Gasteiger partial charge in [0.2, 0.25) is 11.8 Å². The summed E-state index contributed by atoms with van der Waals surface area (Å²) in [7, 11) is 0. The fraction of sp³-hybridized carbons (Fsp3) is 0.286. The van der Waals surface area contributed by atoms with Crippen LogP contribution in [0.1, 0.15) is 47.8 Å². The van der Waals surface area contributed by atoms with Crippen molar-refractivity contribution >= 4 is 11.8 Å². The molecule has 3 aromatic carbocycles. The van der Waals surface area contributed by atoms with Gasteiger partial charge in [0.1, 0.15) is 5.82 Å². The summed E-state index contributed by atoms with van der Waals surface area (Å²) < 4.78 is 13.6. The zero-order valence-corrected chi connectivity index (χ0v) is 18.4. The Morgan fingerprint density at radius 1 is 0.939 bits per heavy atom. The highest BCUT2D eigenvalue weighted by atomic mass is 19.1. The van der Waals surface area contributed by atoms with E-state index >= 15 is 0 Å². The molecule has 0 saturated carbocycles. The standard InChI is InChI=1S/C28H27FN2O2/c29-23-15-13-20(14-16-23)24-18-31(19-28(24)17-7-12-25(32)30-28)27(33)26(21-8-3-1-4-9-21)22-10-5-2-6-11-22/h1-6,8-11,13-16,24,26H,7,12,17-19H2,(H,30,32)/t24-,28+/m0/s1. The molecule has 2 aliphatic heterocycles. The van der Waals surface area contributed by atoms with Crippen molar-refractivity contribution < 1.29 is 14.0 Å². The Hall–Kier alpha value is -3.47. The second kappa shape index (κ2) is 8.81. The lowest BCUT2D eigenvalue weighted by molar-refractivity contribution is -0.132. The number of hydrogen-bond acceptors (Lipinski definition) is 2. The molecule has 0 unspecified atom stereocenters. The van der Waals surface area contributed by atoms with Gasteiger partial charge < -0.3 is 10.2 Å². The van der Waals surface area contributed by atoms with Gasteiger partial charge in [-0.1, -0.05) is 72.8 Å². The maximum Gasteiger partial charge on any atom is 0.234 e. The number of nitrogens with zero attached hydrogens (tertiary/aromatic N) is 1. The van der Waals surface area contributed by atoms with Gasteiger partial charge in [0.25, 0.3) is 0 Å². The van der Waals surface area contributed by atoms with Gasteiger partial charge in [-0.05, 0) is 41.7 Å². The van der Waals surface area contributed by atoms with Crippen molar-refractivity contribution in [2.24, 2.45) is 0 Å². The highest BCUT2D eigenvalue weighted by Gasteiger charge is 2.51. The van der Waals surface area contributed by atoms with Crippen molar-refractivity contribution in [3.05, 3.63) is 107 Å². The Morgan fingerprint density at radius 2 is 1.55 bits per heavy atom. The van der Waals surface area contributed by atoms with Crippen LogP contribution in [0.3, 0.4) is 0 Å². The molecule has 5 heteroatoms. The molecule has 2 atom stereocenters. The molecule has 2 saturated heterocycles. The third-order valence-electron chi connectivity index (χ3n) is 7.05. The number of piperidine rings is 1. The lowest BCUT2D eigenvalue weighted by Gasteiger charge is -2.39. The summed E-state index contributed by atoms with van der Waals surface area (Å²) in [5.74, 6) is -0.754. The van der Waals surface area contributed by atoms with E-state index in [2.05, 4.69) is 5.32 Å². The topological polar surface area (TPSA) is 49.4 Å². The van der Waals surface area contributed by atoms with Gasteiger partial charge in [-0.2, -0.15) is 0 Å². The fourth-order valence-electron chi connectivity index (χ4n) is 5.50. The first-order valence-electron chi connectivity index (χ1n) is 11.5. The molecule has 2 fully saturated rings. The summed E-state index contributed by atoms with van der Waals surface area (Å²) in [5.41, 5.74) is 2.31. The monoisotopic (exact) mass is 442 g/mol. The Labute approximate surface area is 193 Å². The van der Waals surface area contributed by atoms with Crippen molar-refractivity contribution in [2.45, 2.75) is 36.6 Å². The number of carbonyl (C=O) groups is 2. The molecule has 0 radical (unpaired) electrons. The molecule has 0 aromatic heterocycles. The molecule has 3 aromatic rings. The highest BCUT2D eigenvalue weighted by molar-refractivity contribution is 5.88. The van der Waals surface area contributed by atoms with E-state index in [9.17, 15) is 14.0 Å². The van der Waals surface area contributed by atoms with Crippen LogP contribution in [0, 0.1) is 5.82 Å². The van der Waals surface area contributed by atoms with Crippen molar-refractivity contribution in [1.29, 1.82) is 0 Å². The number of halogens is 1. The van der Waals surface area contributed by atoms with Gasteiger partial charge in [0, 0.05) is 25.4 Å². The Kier molecular flexibility index (Phi) is 5.71. The predicted octanol–water partition coefficient (Wildman–Crippen LogP) is 4.62. The lowest BCUT2D eigenvalue weighted by atomic mass is 9.76. The molecule has 5 rings (SSSR count). The maximum atomic E-state index is 14.0. The zero-order chi connectivity index (χ0) is 22.8. The van der Waals surface area contributed by atoms with Crippen molar-refractivity contribution in [3.8, 4) is 0 Å². The first kappa shape index (κ1) is 21.4. The number of nitrogens with one attached hydrogen (secondary N) is 1. The predicted molar refractivity (Wildman–Crippen MR) is 125 cm³/mol. The summed E-state index contributed by atoms with van der Waals surface area (Å²) in [5, 5.41) is 3.23. The van der Waals surface area contributed by atoms with Crippen LogP contribution in [0.2, 0.25) is 0 Å². The van der Waals surface area contributed by atoms with Gasteiger partial charge in [-0.25, -0.2) is 4.39 Å². The van der Waals surface area contributed by atoms with Gasteiger partial charge in [0.05, 0.1) is 11.5 Å². The van der Waals surface area contributed by atoms with Gasteiger partial charge in [-0.15, -0.1) is 0 Å². The van der Waals surface area contributed by atoms with Crippen LogP contribution in [0.5, 0.6) is 0 Å². The molecule has 2 amide bonds. The maximum absolute atomic E-state index is 14.0. The SMILES string of the molecule is O=C1CCC[C@]2(CN(C(=O)C(c3ccccc3)c3ccccc3)C[C@H]2c2ccc(F)cc2)N1. The molecule has 1 spiro atoms. The summed E-state index contributed by atoms with van der Waals surface area (Å²) in [6.07, 6.45) is 2.08. The van der Waals surface area contributed by atoms with Crippen LogP contribution in [-0.4, -0.2) is 35.3 Å². The van der Waals surface area contributed by atoms with E-state index in [1.54, 1.807) is 12.1 Å².